The van der Waals surface area contributed by atoms with E-state index in [1.54, 1.807) is 43.3 Å². The van der Waals surface area contributed by atoms with E-state index >= 15 is 0 Å². The van der Waals surface area contributed by atoms with Crippen molar-refractivity contribution in [2.75, 3.05) is 5.32 Å². The molecule has 0 radical (unpaired) electrons. The van der Waals surface area contributed by atoms with Gasteiger partial charge in [0.25, 0.3) is 11.8 Å². The zero-order chi connectivity index (χ0) is 14.8. The molecule has 3 rings (SSSR count). The molecule has 1 fully saturated rings. The van der Waals surface area contributed by atoms with Gasteiger partial charge in [-0.3, -0.25) is 9.59 Å². The van der Waals surface area contributed by atoms with Gasteiger partial charge in [-0.2, -0.15) is 0 Å². The topological polar surface area (TPSA) is 71.3 Å². The van der Waals surface area contributed by atoms with Crippen LogP contribution >= 0.6 is 0 Å². The smallest absolute Gasteiger partial charge is 0.291 e. The van der Waals surface area contributed by atoms with Crippen LogP contribution in [-0.2, 0) is 0 Å². The fourth-order valence-electron chi connectivity index (χ4n) is 2.02. The molecule has 0 atom stereocenters. The van der Waals surface area contributed by atoms with Gasteiger partial charge in [0.1, 0.15) is 5.76 Å². The summed E-state index contributed by atoms with van der Waals surface area (Å²) in [5, 5.41) is 5.64. The number of hydrogen-bond acceptors (Lipinski definition) is 3. The summed E-state index contributed by atoms with van der Waals surface area (Å²) >= 11 is 0. The van der Waals surface area contributed by atoms with Gasteiger partial charge in [-0.05, 0) is 44.0 Å². The lowest BCUT2D eigenvalue weighted by molar-refractivity contribution is 0.0952. The fraction of sp³-hybridized carbons (Fsp3) is 0.250. The van der Waals surface area contributed by atoms with Crippen LogP contribution in [0.4, 0.5) is 5.69 Å². The molecular weight excluding hydrogens is 268 g/mol. The number of carbonyl (C=O) groups is 2. The number of aryl methyl sites for hydroxylation is 1. The van der Waals surface area contributed by atoms with Crippen molar-refractivity contribution in [3.63, 3.8) is 0 Å². The first kappa shape index (κ1) is 13.4. The SMILES string of the molecule is Cc1ccc(C(=O)Nc2ccccc2C(=O)NC2CC2)o1. The Labute approximate surface area is 122 Å². The lowest BCUT2D eigenvalue weighted by atomic mass is 10.1. The molecule has 2 N–H and O–H groups in total. The molecule has 0 bridgehead atoms. The van der Waals surface area contributed by atoms with Crippen LogP contribution in [0.1, 0.15) is 39.5 Å². The Hall–Kier alpha value is -2.56. The summed E-state index contributed by atoms with van der Waals surface area (Å²) in [7, 11) is 0. The summed E-state index contributed by atoms with van der Waals surface area (Å²) in [4.78, 5) is 24.3. The molecule has 0 saturated heterocycles. The van der Waals surface area contributed by atoms with Crippen LogP contribution in [0, 0.1) is 6.92 Å². The average Bonchev–Trinajstić information content (AvgIpc) is 3.17. The van der Waals surface area contributed by atoms with E-state index in [9.17, 15) is 9.59 Å². The summed E-state index contributed by atoms with van der Waals surface area (Å²) < 4.78 is 5.28. The number of para-hydroxylation sites is 1. The first-order valence-electron chi connectivity index (χ1n) is 6.91. The highest BCUT2D eigenvalue weighted by atomic mass is 16.3. The summed E-state index contributed by atoms with van der Waals surface area (Å²) in [6.07, 6.45) is 2.04. The standard InChI is InChI=1S/C16H16N2O3/c1-10-6-9-14(21-10)16(20)18-13-5-3-2-4-12(13)15(19)17-11-7-8-11/h2-6,9,11H,7-8H2,1H3,(H,17,19)(H,18,20). The maximum absolute atomic E-state index is 12.2. The molecule has 2 amide bonds. The zero-order valence-electron chi connectivity index (χ0n) is 11.7. The third-order valence-corrected chi connectivity index (χ3v) is 3.30. The summed E-state index contributed by atoms with van der Waals surface area (Å²) in [5.41, 5.74) is 0.940. The van der Waals surface area contributed by atoms with Crippen LogP contribution in [0.3, 0.4) is 0 Å². The van der Waals surface area contributed by atoms with E-state index in [4.69, 9.17) is 4.42 Å². The van der Waals surface area contributed by atoms with Gasteiger partial charge in [0.15, 0.2) is 5.76 Å². The second kappa shape index (κ2) is 5.44. The van der Waals surface area contributed by atoms with Gasteiger partial charge in [0, 0.05) is 6.04 Å². The van der Waals surface area contributed by atoms with Crippen LogP contribution in [0.15, 0.2) is 40.8 Å². The van der Waals surface area contributed by atoms with Gasteiger partial charge in [-0.1, -0.05) is 12.1 Å². The largest absolute Gasteiger partial charge is 0.456 e. The minimum atomic E-state index is -0.366. The number of rotatable bonds is 4. The van der Waals surface area contributed by atoms with Crippen molar-refractivity contribution >= 4 is 17.5 Å². The maximum atomic E-state index is 12.2. The Morgan fingerprint density at radius 3 is 2.52 bits per heavy atom. The summed E-state index contributed by atoms with van der Waals surface area (Å²) in [6.45, 7) is 1.77. The minimum absolute atomic E-state index is 0.163. The molecule has 5 heteroatoms. The molecule has 0 unspecified atom stereocenters. The molecule has 0 aliphatic heterocycles. The Kier molecular flexibility index (Phi) is 3.48. The highest BCUT2D eigenvalue weighted by Crippen LogP contribution is 2.22. The Morgan fingerprint density at radius 1 is 1.10 bits per heavy atom. The van der Waals surface area contributed by atoms with Crippen LogP contribution in [-0.4, -0.2) is 17.9 Å². The van der Waals surface area contributed by atoms with E-state index < -0.39 is 0 Å². The Morgan fingerprint density at radius 2 is 1.86 bits per heavy atom. The first-order chi connectivity index (χ1) is 10.1. The molecule has 108 valence electrons. The van der Waals surface area contributed by atoms with E-state index in [1.807, 2.05) is 0 Å². The molecule has 1 heterocycles. The van der Waals surface area contributed by atoms with E-state index in [-0.39, 0.29) is 23.6 Å². The van der Waals surface area contributed by atoms with E-state index in [1.165, 1.54) is 0 Å². The van der Waals surface area contributed by atoms with Crippen molar-refractivity contribution in [2.24, 2.45) is 0 Å². The van der Waals surface area contributed by atoms with Crippen molar-refractivity contribution < 1.29 is 14.0 Å². The number of hydrogen-bond donors (Lipinski definition) is 2. The quantitative estimate of drug-likeness (QED) is 0.906. The van der Waals surface area contributed by atoms with Crippen LogP contribution in [0.2, 0.25) is 0 Å². The molecule has 5 nitrogen and oxygen atoms in total. The van der Waals surface area contributed by atoms with Gasteiger partial charge in [-0.15, -0.1) is 0 Å². The predicted molar refractivity (Wildman–Crippen MR) is 78.3 cm³/mol. The molecule has 1 saturated carbocycles. The third-order valence-electron chi connectivity index (χ3n) is 3.30. The molecule has 1 aromatic carbocycles. The maximum Gasteiger partial charge on any atom is 0.291 e. The minimum Gasteiger partial charge on any atom is -0.456 e. The molecule has 1 aliphatic rings. The molecule has 2 aromatic rings. The summed E-state index contributed by atoms with van der Waals surface area (Å²) in [5.74, 6) is 0.364. The van der Waals surface area contributed by atoms with Crippen molar-refractivity contribution in [3.05, 3.63) is 53.5 Å². The second-order valence-corrected chi connectivity index (χ2v) is 5.16. The average molecular weight is 284 g/mol. The normalized spacial score (nSPS) is 13.8. The number of nitrogens with one attached hydrogen (secondary N) is 2. The highest BCUT2D eigenvalue weighted by Gasteiger charge is 2.25. The van der Waals surface area contributed by atoms with Gasteiger partial charge in [-0.25, -0.2) is 0 Å². The molecule has 0 spiro atoms. The molecule has 21 heavy (non-hydrogen) atoms. The lowest BCUT2D eigenvalue weighted by Gasteiger charge is -2.10. The highest BCUT2D eigenvalue weighted by molar-refractivity contribution is 6.08. The molecule has 1 aromatic heterocycles. The van der Waals surface area contributed by atoms with Crippen LogP contribution in [0.5, 0.6) is 0 Å². The molecular formula is C16H16N2O3. The second-order valence-electron chi connectivity index (χ2n) is 5.16. The number of carbonyl (C=O) groups excluding carboxylic acids is 2. The van der Waals surface area contributed by atoms with Gasteiger partial charge < -0.3 is 15.1 Å². The van der Waals surface area contributed by atoms with Crippen molar-refractivity contribution in [1.29, 1.82) is 0 Å². The van der Waals surface area contributed by atoms with Crippen molar-refractivity contribution in [1.82, 2.24) is 5.32 Å². The number of furan rings is 1. The number of anilines is 1. The number of benzene rings is 1. The van der Waals surface area contributed by atoms with Crippen LogP contribution < -0.4 is 10.6 Å². The van der Waals surface area contributed by atoms with E-state index in [2.05, 4.69) is 10.6 Å². The van der Waals surface area contributed by atoms with Crippen molar-refractivity contribution in [2.45, 2.75) is 25.8 Å². The molecule has 1 aliphatic carbocycles. The van der Waals surface area contributed by atoms with Gasteiger partial charge in [0.2, 0.25) is 0 Å². The van der Waals surface area contributed by atoms with E-state index in [0.29, 0.717) is 17.0 Å². The third kappa shape index (κ3) is 3.13. The summed E-state index contributed by atoms with van der Waals surface area (Å²) in [6, 6.07) is 10.5. The first-order valence-corrected chi connectivity index (χ1v) is 6.91. The lowest BCUT2D eigenvalue weighted by Crippen LogP contribution is -2.26. The van der Waals surface area contributed by atoms with E-state index in [0.717, 1.165) is 12.8 Å². The Balaban J connectivity index is 1.78. The van der Waals surface area contributed by atoms with Crippen molar-refractivity contribution in [3.8, 4) is 0 Å². The van der Waals surface area contributed by atoms with Gasteiger partial charge in [0.05, 0.1) is 11.3 Å². The van der Waals surface area contributed by atoms with Gasteiger partial charge >= 0.3 is 0 Å². The fourth-order valence-corrected chi connectivity index (χ4v) is 2.02. The Bertz CT molecular complexity index is 686. The predicted octanol–water partition coefficient (Wildman–Crippen LogP) is 2.73. The number of amides is 2. The zero-order valence-corrected chi connectivity index (χ0v) is 11.7. The monoisotopic (exact) mass is 284 g/mol. The van der Waals surface area contributed by atoms with Crippen LogP contribution in [0.25, 0.3) is 0 Å².